The maximum absolute atomic E-state index is 4.99. The van der Waals surface area contributed by atoms with Gasteiger partial charge in [0.25, 0.3) is 0 Å². The molecule has 116 valence electrons. The van der Waals surface area contributed by atoms with Gasteiger partial charge in [-0.05, 0) is 6.42 Å². The Hall–Kier alpha value is -0.520. The van der Waals surface area contributed by atoms with Crippen molar-refractivity contribution in [1.29, 1.82) is 0 Å². The number of hydrogen-bond donors (Lipinski definition) is 1. The smallest absolute Gasteiger partial charge is 0.118 e. The van der Waals surface area contributed by atoms with Gasteiger partial charge < -0.3 is 10.1 Å². The minimum absolute atomic E-state index is 0.763. The van der Waals surface area contributed by atoms with E-state index in [1.165, 1.54) is 43.5 Å². The third-order valence-electron chi connectivity index (χ3n) is 3.25. The molecule has 0 aliphatic carbocycles. The van der Waals surface area contributed by atoms with Gasteiger partial charge in [0.2, 0.25) is 0 Å². The summed E-state index contributed by atoms with van der Waals surface area (Å²) in [6, 6.07) is 0. The van der Waals surface area contributed by atoms with Crippen LogP contribution in [-0.4, -0.2) is 37.0 Å². The van der Waals surface area contributed by atoms with Crippen molar-refractivity contribution < 1.29 is 4.74 Å². The second-order valence-electron chi connectivity index (χ2n) is 5.10. The van der Waals surface area contributed by atoms with Crippen LogP contribution in [-0.2, 0) is 17.6 Å². The maximum Gasteiger partial charge on any atom is 0.118 e. The van der Waals surface area contributed by atoms with E-state index in [-0.39, 0.29) is 0 Å². The van der Waals surface area contributed by atoms with Crippen LogP contribution in [0.2, 0.25) is 0 Å². The molecule has 1 heterocycles. The zero-order valence-corrected chi connectivity index (χ0v) is 13.8. The fourth-order valence-corrected chi connectivity index (χ4v) is 2.93. The number of aromatic nitrogens is 2. The summed E-state index contributed by atoms with van der Waals surface area (Å²) in [4.78, 5) is 0. The second kappa shape index (κ2) is 12.2. The van der Waals surface area contributed by atoms with Gasteiger partial charge in [-0.2, -0.15) is 0 Å². The average Bonchev–Trinajstić information content (AvgIpc) is 2.90. The largest absolute Gasteiger partial charge is 0.383 e. The van der Waals surface area contributed by atoms with Crippen LogP contribution >= 0.6 is 11.3 Å². The molecule has 0 saturated heterocycles. The first-order chi connectivity index (χ1) is 9.86. The van der Waals surface area contributed by atoms with Crippen LogP contribution in [0.15, 0.2) is 0 Å². The number of rotatable bonds is 13. The molecule has 0 fully saturated rings. The number of ether oxygens (including phenoxy) is 1. The molecule has 1 aromatic heterocycles. The predicted molar refractivity (Wildman–Crippen MR) is 85.4 cm³/mol. The fraction of sp³-hybridized carbons (Fsp3) is 0.867. The molecule has 0 radical (unpaired) electrons. The second-order valence-corrected chi connectivity index (χ2v) is 6.25. The minimum Gasteiger partial charge on any atom is -0.383 e. The summed E-state index contributed by atoms with van der Waals surface area (Å²) >= 11 is 1.77. The molecule has 0 amide bonds. The van der Waals surface area contributed by atoms with Crippen molar-refractivity contribution in [3.63, 3.8) is 0 Å². The number of methoxy groups -OCH3 is 1. The predicted octanol–water partition coefficient (Wildman–Crippen LogP) is 3.22. The van der Waals surface area contributed by atoms with Crippen molar-refractivity contribution in [2.45, 2.75) is 58.3 Å². The van der Waals surface area contributed by atoms with Gasteiger partial charge in [0.15, 0.2) is 0 Å². The first-order valence-corrected chi connectivity index (χ1v) is 8.69. The van der Waals surface area contributed by atoms with Crippen LogP contribution in [0.1, 0.15) is 55.5 Å². The van der Waals surface area contributed by atoms with Gasteiger partial charge in [0, 0.05) is 33.0 Å². The number of nitrogens with one attached hydrogen (secondary N) is 1. The number of nitrogens with zero attached hydrogens (tertiary/aromatic N) is 2. The molecule has 0 aliphatic heterocycles. The van der Waals surface area contributed by atoms with Crippen molar-refractivity contribution in [3.8, 4) is 0 Å². The van der Waals surface area contributed by atoms with Crippen LogP contribution in [0.4, 0.5) is 0 Å². The van der Waals surface area contributed by atoms with E-state index < -0.39 is 0 Å². The summed E-state index contributed by atoms with van der Waals surface area (Å²) in [5, 5.41) is 14.2. The summed E-state index contributed by atoms with van der Waals surface area (Å²) < 4.78 is 4.99. The van der Waals surface area contributed by atoms with Crippen LogP contribution in [0.25, 0.3) is 0 Å². The Kier molecular flexibility index (Phi) is 10.7. The molecule has 0 aliphatic rings. The average molecular weight is 299 g/mol. The fourth-order valence-electron chi connectivity index (χ4n) is 2.04. The van der Waals surface area contributed by atoms with E-state index in [9.17, 15) is 0 Å². The highest BCUT2D eigenvalue weighted by atomic mass is 32.1. The topological polar surface area (TPSA) is 47.0 Å². The lowest BCUT2D eigenvalue weighted by Crippen LogP contribution is -2.21. The Morgan fingerprint density at radius 3 is 2.40 bits per heavy atom. The highest BCUT2D eigenvalue weighted by Crippen LogP contribution is 2.14. The summed E-state index contributed by atoms with van der Waals surface area (Å²) in [6.07, 6.45) is 10.1. The first kappa shape index (κ1) is 17.5. The molecule has 0 unspecified atom stereocenters. The molecular weight excluding hydrogens is 270 g/mol. The highest BCUT2D eigenvalue weighted by molar-refractivity contribution is 7.11. The van der Waals surface area contributed by atoms with E-state index in [1.54, 1.807) is 18.4 Å². The molecular formula is C15H29N3OS. The number of hydrogen-bond acceptors (Lipinski definition) is 5. The first-order valence-electron chi connectivity index (χ1n) is 7.87. The summed E-state index contributed by atoms with van der Waals surface area (Å²) in [6.45, 7) is 4.88. The van der Waals surface area contributed by atoms with Crippen LogP contribution in [0.5, 0.6) is 0 Å². The summed E-state index contributed by atoms with van der Waals surface area (Å²) in [7, 11) is 1.72. The van der Waals surface area contributed by atoms with Gasteiger partial charge >= 0.3 is 0 Å². The van der Waals surface area contributed by atoms with Crippen LogP contribution in [0, 0.1) is 0 Å². The van der Waals surface area contributed by atoms with Gasteiger partial charge in [0.1, 0.15) is 10.0 Å². The highest BCUT2D eigenvalue weighted by Gasteiger charge is 2.03. The monoisotopic (exact) mass is 299 g/mol. The minimum atomic E-state index is 0.763. The van der Waals surface area contributed by atoms with Crippen molar-refractivity contribution in [2.24, 2.45) is 0 Å². The van der Waals surface area contributed by atoms with E-state index in [1.807, 2.05) is 0 Å². The lowest BCUT2D eigenvalue weighted by atomic mass is 10.1. The van der Waals surface area contributed by atoms with Crippen LogP contribution < -0.4 is 5.32 Å². The molecule has 0 aromatic carbocycles. The van der Waals surface area contributed by atoms with Crippen molar-refractivity contribution in [3.05, 3.63) is 10.0 Å². The zero-order valence-electron chi connectivity index (χ0n) is 13.0. The van der Waals surface area contributed by atoms with Gasteiger partial charge in [-0.3, -0.25) is 0 Å². The van der Waals surface area contributed by atoms with Crippen molar-refractivity contribution >= 4 is 11.3 Å². The van der Waals surface area contributed by atoms with E-state index in [0.717, 1.165) is 37.5 Å². The Bertz CT molecular complexity index is 331. The molecule has 0 atom stereocenters. The Morgan fingerprint density at radius 1 is 0.950 bits per heavy atom. The van der Waals surface area contributed by atoms with Gasteiger partial charge in [-0.25, -0.2) is 0 Å². The lowest BCUT2D eigenvalue weighted by molar-refractivity contribution is 0.199. The molecule has 4 nitrogen and oxygen atoms in total. The summed E-state index contributed by atoms with van der Waals surface area (Å²) in [5.41, 5.74) is 0. The quantitative estimate of drug-likeness (QED) is 0.568. The molecule has 0 spiro atoms. The SMILES string of the molecule is CCCCCCCCc1nnc(CCNCCOC)s1. The van der Waals surface area contributed by atoms with Gasteiger partial charge in [-0.15, -0.1) is 21.5 Å². The Morgan fingerprint density at radius 2 is 1.65 bits per heavy atom. The van der Waals surface area contributed by atoms with Crippen LogP contribution in [0.3, 0.4) is 0 Å². The molecule has 20 heavy (non-hydrogen) atoms. The van der Waals surface area contributed by atoms with Crippen molar-refractivity contribution in [1.82, 2.24) is 15.5 Å². The number of unbranched alkanes of at least 4 members (excludes halogenated alkanes) is 5. The Balaban J connectivity index is 2.04. The molecule has 1 N–H and O–H groups in total. The third kappa shape index (κ3) is 8.61. The van der Waals surface area contributed by atoms with E-state index in [2.05, 4.69) is 22.4 Å². The Labute approximate surface area is 127 Å². The molecule has 0 saturated carbocycles. The van der Waals surface area contributed by atoms with Gasteiger partial charge in [0.05, 0.1) is 6.61 Å². The molecule has 1 aromatic rings. The normalized spacial score (nSPS) is 11.1. The van der Waals surface area contributed by atoms with Crippen molar-refractivity contribution in [2.75, 3.05) is 26.8 Å². The van der Waals surface area contributed by atoms with Gasteiger partial charge in [-0.1, -0.05) is 39.0 Å². The van der Waals surface area contributed by atoms with E-state index in [0.29, 0.717) is 0 Å². The molecule has 0 bridgehead atoms. The number of aryl methyl sites for hydroxylation is 1. The molecule has 1 rings (SSSR count). The molecule has 5 heteroatoms. The maximum atomic E-state index is 4.99. The standard InChI is InChI=1S/C15H29N3OS/c1-3-4-5-6-7-8-9-14-17-18-15(20-14)10-11-16-12-13-19-2/h16H,3-13H2,1-2H3. The van der Waals surface area contributed by atoms with E-state index in [4.69, 9.17) is 4.74 Å². The van der Waals surface area contributed by atoms with E-state index >= 15 is 0 Å². The lowest BCUT2D eigenvalue weighted by Gasteiger charge is -2.00. The summed E-state index contributed by atoms with van der Waals surface area (Å²) in [5.74, 6) is 0. The zero-order chi connectivity index (χ0) is 14.5. The third-order valence-corrected chi connectivity index (χ3v) is 4.29.